The van der Waals surface area contributed by atoms with Gasteiger partial charge in [-0.25, -0.2) is 9.67 Å². The van der Waals surface area contributed by atoms with E-state index in [1.54, 1.807) is 4.68 Å². The second-order valence-electron chi connectivity index (χ2n) is 8.55. The second kappa shape index (κ2) is 7.23. The van der Waals surface area contributed by atoms with Gasteiger partial charge in [0.1, 0.15) is 5.82 Å². The van der Waals surface area contributed by atoms with Crippen LogP contribution in [-0.2, 0) is 25.9 Å². The number of hydrogen-bond donors (Lipinski definition) is 0. The van der Waals surface area contributed by atoms with Gasteiger partial charge in [0.05, 0.1) is 12.2 Å². The molecule has 3 heterocycles. The van der Waals surface area contributed by atoms with Crippen molar-refractivity contribution in [3.05, 3.63) is 45.9 Å². The lowest BCUT2D eigenvalue weighted by Crippen LogP contribution is -2.37. The van der Waals surface area contributed by atoms with Gasteiger partial charge in [-0.1, -0.05) is 0 Å². The largest absolute Gasteiger partial charge is 0.331 e. The van der Waals surface area contributed by atoms with E-state index in [-0.39, 0.29) is 5.56 Å². The fourth-order valence-corrected chi connectivity index (χ4v) is 4.66. The first-order chi connectivity index (χ1) is 13.3. The van der Waals surface area contributed by atoms with Crippen LogP contribution in [0.15, 0.2) is 23.3 Å². The predicted octanol–water partition coefficient (Wildman–Crippen LogP) is 2.57. The van der Waals surface area contributed by atoms with Crippen molar-refractivity contribution in [3.63, 3.8) is 0 Å². The van der Waals surface area contributed by atoms with E-state index in [2.05, 4.69) is 20.6 Å². The monoisotopic (exact) mass is 367 g/mol. The first-order valence-electron chi connectivity index (χ1n) is 10.6. The SMILES string of the molecule is O=c1cc2c(nn1CC1CCN(Cc3nccn3C3CC3)CC1)CCCC2. The van der Waals surface area contributed by atoms with Crippen LogP contribution in [0, 0.1) is 5.92 Å². The highest BCUT2D eigenvalue weighted by Gasteiger charge is 2.27. The first-order valence-corrected chi connectivity index (χ1v) is 10.6. The maximum Gasteiger partial charge on any atom is 0.267 e. The van der Waals surface area contributed by atoms with Gasteiger partial charge in [0.25, 0.3) is 5.56 Å². The van der Waals surface area contributed by atoms with E-state index in [0.29, 0.717) is 12.0 Å². The Balaban J connectivity index is 1.19. The summed E-state index contributed by atoms with van der Waals surface area (Å²) < 4.78 is 4.10. The molecule has 6 heteroatoms. The van der Waals surface area contributed by atoms with Crippen molar-refractivity contribution in [2.24, 2.45) is 5.92 Å². The lowest BCUT2D eigenvalue weighted by Gasteiger charge is -2.32. The molecule has 144 valence electrons. The molecule has 1 saturated carbocycles. The molecule has 0 unspecified atom stereocenters. The van der Waals surface area contributed by atoms with Gasteiger partial charge < -0.3 is 4.57 Å². The Morgan fingerprint density at radius 2 is 1.89 bits per heavy atom. The van der Waals surface area contributed by atoms with E-state index < -0.39 is 0 Å². The molecule has 0 amide bonds. The summed E-state index contributed by atoms with van der Waals surface area (Å²) in [6.45, 7) is 3.90. The van der Waals surface area contributed by atoms with Crippen molar-refractivity contribution >= 4 is 0 Å². The molecular weight excluding hydrogens is 338 g/mol. The molecule has 0 spiro atoms. The third-order valence-corrected chi connectivity index (χ3v) is 6.47. The van der Waals surface area contributed by atoms with Crippen LogP contribution >= 0.6 is 0 Å². The summed E-state index contributed by atoms with van der Waals surface area (Å²) in [5.41, 5.74) is 2.43. The third kappa shape index (κ3) is 3.72. The summed E-state index contributed by atoms with van der Waals surface area (Å²) in [5, 5.41) is 4.70. The fraction of sp³-hybridized carbons (Fsp3) is 0.667. The molecule has 0 radical (unpaired) electrons. The molecule has 2 aromatic heterocycles. The molecule has 3 aliphatic rings. The summed E-state index contributed by atoms with van der Waals surface area (Å²) in [6.07, 6.45) is 13.4. The fourth-order valence-electron chi connectivity index (χ4n) is 4.66. The Morgan fingerprint density at radius 1 is 1.07 bits per heavy atom. The van der Waals surface area contributed by atoms with Gasteiger partial charge in [-0.15, -0.1) is 0 Å². The van der Waals surface area contributed by atoms with Crippen molar-refractivity contribution in [2.75, 3.05) is 13.1 Å². The van der Waals surface area contributed by atoms with E-state index in [0.717, 1.165) is 57.6 Å². The Kier molecular flexibility index (Phi) is 4.60. The van der Waals surface area contributed by atoms with E-state index in [1.807, 2.05) is 12.3 Å². The van der Waals surface area contributed by atoms with E-state index >= 15 is 0 Å². The topological polar surface area (TPSA) is 56.0 Å². The zero-order valence-electron chi connectivity index (χ0n) is 16.0. The van der Waals surface area contributed by atoms with Gasteiger partial charge in [0, 0.05) is 31.0 Å². The smallest absolute Gasteiger partial charge is 0.267 e. The molecule has 0 aromatic carbocycles. The molecule has 2 aromatic rings. The summed E-state index contributed by atoms with van der Waals surface area (Å²) in [6, 6.07) is 2.54. The maximum absolute atomic E-state index is 12.4. The molecule has 1 saturated heterocycles. The highest BCUT2D eigenvalue weighted by molar-refractivity contribution is 5.20. The minimum atomic E-state index is 0.0875. The minimum Gasteiger partial charge on any atom is -0.331 e. The van der Waals surface area contributed by atoms with Crippen LogP contribution in [0.25, 0.3) is 0 Å². The molecule has 0 atom stereocenters. The molecular formula is C21H29N5O. The Bertz CT molecular complexity index is 858. The summed E-state index contributed by atoms with van der Waals surface area (Å²) in [5.74, 6) is 1.76. The molecule has 2 aliphatic carbocycles. The minimum absolute atomic E-state index is 0.0875. The summed E-state index contributed by atoms with van der Waals surface area (Å²) in [7, 11) is 0. The zero-order chi connectivity index (χ0) is 18.2. The van der Waals surface area contributed by atoms with Crippen LogP contribution in [0.1, 0.15) is 61.6 Å². The van der Waals surface area contributed by atoms with Crippen LogP contribution in [0.3, 0.4) is 0 Å². The van der Waals surface area contributed by atoms with E-state index in [1.165, 1.54) is 37.1 Å². The lowest BCUT2D eigenvalue weighted by molar-refractivity contribution is 0.158. The molecule has 2 fully saturated rings. The van der Waals surface area contributed by atoms with E-state index in [4.69, 9.17) is 5.10 Å². The van der Waals surface area contributed by atoms with E-state index in [9.17, 15) is 4.79 Å². The Labute approximate surface area is 160 Å². The van der Waals surface area contributed by atoms with Gasteiger partial charge in [-0.2, -0.15) is 5.10 Å². The Hall–Kier alpha value is -1.95. The quantitative estimate of drug-likeness (QED) is 0.815. The summed E-state index contributed by atoms with van der Waals surface area (Å²) in [4.78, 5) is 19.5. The number of aromatic nitrogens is 4. The van der Waals surface area contributed by atoms with Crippen molar-refractivity contribution in [3.8, 4) is 0 Å². The van der Waals surface area contributed by atoms with Crippen molar-refractivity contribution < 1.29 is 0 Å². The van der Waals surface area contributed by atoms with Gasteiger partial charge in [0.15, 0.2) is 0 Å². The van der Waals surface area contributed by atoms with Gasteiger partial charge in [-0.05, 0) is 75.9 Å². The lowest BCUT2D eigenvalue weighted by atomic mass is 9.96. The van der Waals surface area contributed by atoms with Crippen LogP contribution in [0.4, 0.5) is 0 Å². The molecule has 1 aliphatic heterocycles. The van der Waals surface area contributed by atoms with Crippen LogP contribution < -0.4 is 5.56 Å². The first kappa shape index (κ1) is 17.2. The molecule has 27 heavy (non-hydrogen) atoms. The molecule has 6 nitrogen and oxygen atoms in total. The standard InChI is InChI=1S/C21H29N5O/c27-21-13-17-3-1-2-4-19(17)23-26(21)14-16-7-10-24(11-8-16)15-20-22-9-12-25(20)18-5-6-18/h9,12-13,16,18H,1-8,10-11,14-15H2. The third-order valence-electron chi connectivity index (χ3n) is 6.47. The van der Waals surface area contributed by atoms with Gasteiger partial charge >= 0.3 is 0 Å². The highest BCUT2D eigenvalue weighted by Crippen LogP contribution is 2.35. The summed E-state index contributed by atoms with van der Waals surface area (Å²) >= 11 is 0. The highest BCUT2D eigenvalue weighted by atomic mass is 16.1. The average molecular weight is 367 g/mol. The maximum atomic E-state index is 12.4. The number of imidazole rings is 1. The second-order valence-corrected chi connectivity index (χ2v) is 8.55. The van der Waals surface area contributed by atoms with Gasteiger partial charge in [0.2, 0.25) is 0 Å². The molecule has 5 rings (SSSR count). The number of piperidine rings is 1. The number of hydrogen-bond acceptors (Lipinski definition) is 4. The number of rotatable bonds is 5. The Morgan fingerprint density at radius 3 is 2.70 bits per heavy atom. The average Bonchev–Trinajstić information content (AvgIpc) is 3.43. The van der Waals surface area contributed by atoms with Crippen LogP contribution in [-0.4, -0.2) is 37.3 Å². The number of aryl methyl sites for hydroxylation is 2. The number of nitrogens with zero attached hydrogens (tertiary/aromatic N) is 5. The molecule has 0 N–H and O–H groups in total. The number of fused-ring (bicyclic) bond motifs is 1. The predicted molar refractivity (Wildman–Crippen MR) is 104 cm³/mol. The zero-order valence-corrected chi connectivity index (χ0v) is 16.0. The van der Waals surface area contributed by atoms with Crippen molar-refractivity contribution in [1.82, 2.24) is 24.2 Å². The van der Waals surface area contributed by atoms with Crippen molar-refractivity contribution in [2.45, 2.75) is 70.5 Å². The number of likely N-dealkylation sites (tertiary alicyclic amines) is 1. The normalized spacial score (nSPS) is 21.3. The molecule has 0 bridgehead atoms. The van der Waals surface area contributed by atoms with Crippen molar-refractivity contribution in [1.29, 1.82) is 0 Å². The van der Waals surface area contributed by atoms with Crippen LogP contribution in [0.5, 0.6) is 0 Å². The van der Waals surface area contributed by atoms with Gasteiger partial charge in [-0.3, -0.25) is 9.69 Å². The van der Waals surface area contributed by atoms with Crippen LogP contribution in [0.2, 0.25) is 0 Å².